The number of alkyl halides is 3. The van der Waals surface area contributed by atoms with Crippen LogP contribution in [0, 0.1) is 0 Å². The average Bonchev–Trinajstić information content (AvgIpc) is 3.22. The summed E-state index contributed by atoms with van der Waals surface area (Å²) in [6.45, 7) is 2.85. The molecule has 3 aromatic rings. The third-order valence-electron chi connectivity index (χ3n) is 5.16. The van der Waals surface area contributed by atoms with Gasteiger partial charge in [-0.05, 0) is 30.5 Å². The Morgan fingerprint density at radius 3 is 2.37 bits per heavy atom. The Kier molecular flexibility index (Phi) is 6.15. The topological polar surface area (TPSA) is 51.4 Å². The van der Waals surface area contributed by atoms with E-state index >= 15 is 0 Å². The predicted octanol–water partition coefficient (Wildman–Crippen LogP) is 4.94. The number of rotatable bonds is 6. The molecule has 0 atom stereocenters. The fourth-order valence-corrected chi connectivity index (χ4v) is 3.46. The van der Waals surface area contributed by atoms with Crippen LogP contribution in [0.3, 0.4) is 0 Å². The molecule has 0 amide bonds. The van der Waals surface area contributed by atoms with Crippen molar-refractivity contribution in [3.05, 3.63) is 71.6 Å². The van der Waals surface area contributed by atoms with E-state index in [0.717, 1.165) is 38.1 Å². The number of ether oxygens (including phenoxy) is 1. The maximum Gasteiger partial charge on any atom is 0.416 e. The Hall–Kier alpha value is -2.71. The summed E-state index contributed by atoms with van der Waals surface area (Å²) in [6.07, 6.45) is -2.29. The van der Waals surface area contributed by atoms with E-state index in [1.54, 1.807) is 0 Å². The predicted molar refractivity (Wildman–Crippen MR) is 104 cm³/mol. The minimum atomic E-state index is -4.36. The number of nitrogens with zero attached hydrogens (tertiary/aromatic N) is 3. The summed E-state index contributed by atoms with van der Waals surface area (Å²) in [5.41, 5.74) is 0.958. The molecule has 1 fully saturated rings. The Morgan fingerprint density at radius 2 is 1.70 bits per heavy atom. The summed E-state index contributed by atoms with van der Waals surface area (Å²) < 4.78 is 49.4. The number of hydrogen-bond donors (Lipinski definition) is 0. The molecule has 2 aromatic carbocycles. The van der Waals surface area contributed by atoms with Crippen LogP contribution in [0.4, 0.5) is 13.2 Å². The number of halogens is 3. The first kappa shape index (κ1) is 20.6. The van der Waals surface area contributed by atoms with Crippen LogP contribution in [-0.2, 0) is 24.1 Å². The van der Waals surface area contributed by atoms with E-state index in [1.807, 2.05) is 18.2 Å². The number of benzene rings is 2. The van der Waals surface area contributed by atoms with E-state index in [9.17, 15) is 13.2 Å². The van der Waals surface area contributed by atoms with Crippen LogP contribution in [-0.4, -0.2) is 34.2 Å². The van der Waals surface area contributed by atoms with E-state index in [4.69, 9.17) is 9.26 Å². The lowest BCUT2D eigenvalue weighted by Gasteiger charge is -2.30. The lowest BCUT2D eigenvalue weighted by Crippen LogP contribution is -2.36. The second-order valence-corrected chi connectivity index (χ2v) is 7.36. The minimum absolute atomic E-state index is 0.229. The van der Waals surface area contributed by atoms with Crippen molar-refractivity contribution in [3.8, 4) is 11.4 Å². The molecule has 0 saturated carbocycles. The molecule has 0 aliphatic carbocycles. The number of hydrogen-bond acceptors (Lipinski definition) is 5. The second-order valence-electron chi connectivity index (χ2n) is 7.36. The standard InChI is InChI=1S/C22H22F3N3O2/c23-22(24,25)18-8-6-17(7-9-18)21-26-20(30-27-21)14-28-12-10-19(11-13-28)29-15-16-4-2-1-3-5-16/h1-9,19H,10-15H2. The molecular weight excluding hydrogens is 395 g/mol. The zero-order valence-corrected chi connectivity index (χ0v) is 16.3. The van der Waals surface area contributed by atoms with Crippen molar-refractivity contribution in [2.75, 3.05) is 13.1 Å². The van der Waals surface area contributed by atoms with Crippen LogP contribution in [0.5, 0.6) is 0 Å². The maximum absolute atomic E-state index is 12.7. The average molecular weight is 417 g/mol. The van der Waals surface area contributed by atoms with Crippen LogP contribution >= 0.6 is 0 Å². The Labute approximate surface area is 172 Å². The molecule has 8 heteroatoms. The smallest absolute Gasteiger partial charge is 0.373 e. The summed E-state index contributed by atoms with van der Waals surface area (Å²) >= 11 is 0. The fraction of sp³-hybridized carbons (Fsp3) is 0.364. The molecule has 30 heavy (non-hydrogen) atoms. The highest BCUT2D eigenvalue weighted by atomic mass is 19.4. The van der Waals surface area contributed by atoms with Crippen LogP contribution in [0.25, 0.3) is 11.4 Å². The summed E-state index contributed by atoms with van der Waals surface area (Å²) in [6, 6.07) is 14.9. The third kappa shape index (κ3) is 5.25. The van der Waals surface area contributed by atoms with Gasteiger partial charge >= 0.3 is 6.18 Å². The minimum Gasteiger partial charge on any atom is -0.373 e. The molecule has 1 aromatic heterocycles. The van der Waals surface area contributed by atoms with Crippen molar-refractivity contribution in [2.24, 2.45) is 0 Å². The largest absolute Gasteiger partial charge is 0.416 e. The zero-order chi connectivity index (χ0) is 21.0. The van der Waals surface area contributed by atoms with Gasteiger partial charge in [-0.25, -0.2) is 0 Å². The lowest BCUT2D eigenvalue weighted by atomic mass is 10.1. The quantitative estimate of drug-likeness (QED) is 0.569. The van der Waals surface area contributed by atoms with Crippen molar-refractivity contribution in [2.45, 2.75) is 38.3 Å². The van der Waals surface area contributed by atoms with Crippen LogP contribution in [0.2, 0.25) is 0 Å². The van der Waals surface area contributed by atoms with Gasteiger partial charge in [0.25, 0.3) is 0 Å². The van der Waals surface area contributed by atoms with Crippen molar-refractivity contribution in [1.29, 1.82) is 0 Å². The fourth-order valence-electron chi connectivity index (χ4n) is 3.46. The first-order chi connectivity index (χ1) is 14.5. The summed E-state index contributed by atoms with van der Waals surface area (Å²) in [4.78, 5) is 6.54. The number of likely N-dealkylation sites (tertiary alicyclic amines) is 1. The van der Waals surface area contributed by atoms with E-state index in [1.165, 1.54) is 17.7 Å². The zero-order valence-electron chi connectivity index (χ0n) is 16.3. The van der Waals surface area contributed by atoms with E-state index in [0.29, 0.717) is 30.4 Å². The van der Waals surface area contributed by atoms with Gasteiger partial charge in [-0.3, -0.25) is 4.90 Å². The van der Waals surface area contributed by atoms with Gasteiger partial charge in [-0.1, -0.05) is 47.6 Å². The molecule has 0 unspecified atom stereocenters. The molecule has 0 N–H and O–H groups in total. The van der Waals surface area contributed by atoms with E-state index in [2.05, 4.69) is 27.2 Å². The summed E-state index contributed by atoms with van der Waals surface area (Å²) in [5.74, 6) is 0.744. The number of aromatic nitrogens is 2. The normalized spacial score (nSPS) is 16.1. The van der Waals surface area contributed by atoms with Crippen LogP contribution in [0.1, 0.15) is 29.9 Å². The monoisotopic (exact) mass is 417 g/mol. The van der Waals surface area contributed by atoms with Crippen molar-refractivity contribution >= 4 is 0 Å². The second kappa shape index (κ2) is 8.97. The van der Waals surface area contributed by atoms with Gasteiger partial charge in [0.15, 0.2) is 0 Å². The number of piperidine rings is 1. The van der Waals surface area contributed by atoms with E-state index < -0.39 is 11.7 Å². The SMILES string of the molecule is FC(F)(F)c1ccc(-c2noc(CN3CCC(OCc4ccccc4)CC3)n2)cc1. The highest BCUT2D eigenvalue weighted by molar-refractivity contribution is 5.54. The summed E-state index contributed by atoms with van der Waals surface area (Å²) in [7, 11) is 0. The molecule has 1 aliphatic rings. The lowest BCUT2D eigenvalue weighted by molar-refractivity contribution is -0.137. The Bertz CT molecular complexity index is 934. The maximum atomic E-state index is 12.7. The van der Waals surface area contributed by atoms with Crippen molar-refractivity contribution in [1.82, 2.24) is 15.0 Å². The molecule has 4 rings (SSSR count). The van der Waals surface area contributed by atoms with Gasteiger partial charge in [-0.15, -0.1) is 0 Å². The van der Waals surface area contributed by atoms with Gasteiger partial charge in [-0.2, -0.15) is 18.2 Å². The molecule has 158 valence electrons. The molecule has 1 aliphatic heterocycles. The van der Waals surface area contributed by atoms with Gasteiger partial charge in [0.2, 0.25) is 11.7 Å². The van der Waals surface area contributed by atoms with Gasteiger partial charge in [0.1, 0.15) is 0 Å². The van der Waals surface area contributed by atoms with Crippen molar-refractivity contribution < 1.29 is 22.4 Å². The van der Waals surface area contributed by atoms with Gasteiger partial charge in [0.05, 0.1) is 24.8 Å². The van der Waals surface area contributed by atoms with E-state index in [-0.39, 0.29) is 6.10 Å². The molecule has 0 bridgehead atoms. The summed E-state index contributed by atoms with van der Waals surface area (Å²) in [5, 5.41) is 3.90. The van der Waals surface area contributed by atoms with Crippen LogP contribution < -0.4 is 0 Å². The van der Waals surface area contributed by atoms with Gasteiger partial charge < -0.3 is 9.26 Å². The first-order valence-electron chi connectivity index (χ1n) is 9.85. The third-order valence-corrected chi connectivity index (χ3v) is 5.16. The Balaban J connectivity index is 1.26. The molecular formula is C22H22F3N3O2. The van der Waals surface area contributed by atoms with Crippen LogP contribution in [0.15, 0.2) is 59.1 Å². The molecule has 5 nitrogen and oxygen atoms in total. The highest BCUT2D eigenvalue weighted by Crippen LogP contribution is 2.30. The first-order valence-corrected chi connectivity index (χ1v) is 9.85. The highest BCUT2D eigenvalue weighted by Gasteiger charge is 2.30. The Morgan fingerprint density at radius 1 is 1.00 bits per heavy atom. The molecule has 2 heterocycles. The van der Waals surface area contributed by atoms with Crippen molar-refractivity contribution in [3.63, 3.8) is 0 Å². The molecule has 0 radical (unpaired) electrons. The van der Waals surface area contributed by atoms with Gasteiger partial charge in [0, 0.05) is 18.7 Å². The molecule has 1 saturated heterocycles. The molecule has 0 spiro atoms.